The zero-order chi connectivity index (χ0) is 26.9. The molecular formula is C33H44O3. The average molecular weight is 489 g/mol. The van der Waals surface area contributed by atoms with Crippen LogP contribution in [0.2, 0.25) is 0 Å². The maximum absolute atomic E-state index is 10.6. The van der Waals surface area contributed by atoms with Gasteiger partial charge in [-0.1, -0.05) is 59.7 Å². The first-order chi connectivity index (χ1) is 16.8. The summed E-state index contributed by atoms with van der Waals surface area (Å²) in [4.78, 5) is 0. The van der Waals surface area contributed by atoms with Gasteiger partial charge in [-0.05, 0) is 120 Å². The lowest BCUT2D eigenvalue weighted by molar-refractivity contribution is 0.463. The fourth-order valence-electron chi connectivity index (χ4n) is 5.40. The van der Waals surface area contributed by atoms with E-state index < -0.39 is 0 Å². The molecule has 0 saturated carbocycles. The van der Waals surface area contributed by atoms with Crippen molar-refractivity contribution in [1.82, 2.24) is 0 Å². The first kappa shape index (κ1) is 27.6. The summed E-state index contributed by atoms with van der Waals surface area (Å²) in [5.74, 6) is 1.86. The molecule has 0 fully saturated rings. The Hall–Kier alpha value is -2.94. The monoisotopic (exact) mass is 488 g/mol. The van der Waals surface area contributed by atoms with Gasteiger partial charge in [-0.25, -0.2) is 0 Å². The highest BCUT2D eigenvalue weighted by Gasteiger charge is 2.23. The van der Waals surface area contributed by atoms with Crippen LogP contribution in [-0.4, -0.2) is 15.3 Å². The van der Waals surface area contributed by atoms with Gasteiger partial charge in [0.2, 0.25) is 0 Å². The molecule has 0 spiro atoms. The maximum Gasteiger partial charge on any atom is 0.119 e. The quantitative estimate of drug-likeness (QED) is 0.297. The number of hydrogen-bond donors (Lipinski definition) is 3. The standard InChI is InChI=1S/C33H44O3/c1-18(2)26-15-24(21(7)12-31(26)34)10-11-25(29-16-27(19(3)4)32(35)13-22(29)8)30-17-28(20(5)6)33(36)14-23(30)9/h12-20,25,34-36H,10-11H2,1-9H3. The van der Waals surface area contributed by atoms with Crippen LogP contribution in [0.4, 0.5) is 0 Å². The summed E-state index contributed by atoms with van der Waals surface area (Å²) in [7, 11) is 0. The minimum Gasteiger partial charge on any atom is -0.508 e. The molecule has 0 radical (unpaired) electrons. The predicted molar refractivity (Wildman–Crippen MR) is 151 cm³/mol. The van der Waals surface area contributed by atoms with E-state index in [4.69, 9.17) is 0 Å². The third-order valence-electron chi connectivity index (χ3n) is 7.64. The van der Waals surface area contributed by atoms with Crippen molar-refractivity contribution in [3.63, 3.8) is 0 Å². The van der Waals surface area contributed by atoms with E-state index in [1.165, 1.54) is 16.7 Å². The zero-order valence-electron chi connectivity index (χ0n) is 23.5. The lowest BCUT2D eigenvalue weighted by Gasteiger charge is -2.26. The highest BCUT2D eigenvalue weighted by molar-refractivity contribution is 5.52. The molecule has 3 aromatic carbocycles. The molecule has 0 heterocycles. The lowest BCUT2D eigenvalue weighted by atomic mass is 9.79. The van der Waals surface area contributed by atoms with Crippen LogP contribution in [0, 0.1) is 20.8 Å². The molecule has 0 aliphatic heterocycles. The van der Waals surface area contributed by atoms with Gasteiger partial charge in [-0.15, -0.1) is 0 Å². The Morgan fingerprint density at radius 1 is 0.500 bits per heavy atom. The Morgan fingerprint density at radius 3 is 1.25 bits per heavy atom. The summed E-state index contributed by atoms with van der Waals surface area (Å²) in [6.45, 7) is 18.9. The number of rotatable bonds is 8. The summed E-state index contributed by atoms with van der Waals surface area (Å²) in [5.41, 5.74) is 9.86. The highest BCUT2D eigenvalue weighted by Crippen LogP contribution is 2.41. The van der Waals surface area contributed by atoms with Crippen LogP contribution in [-0.2, 0) is 6.42 Å². The van der Waals surface area contributed by atoms with Gasteiger partial charge in [-0.2, -0.15) is 0 Å². The van der Waals surface area contributed by atoms with Crippen molar-refractivity contribution in [2.24, 2.45) is 0 Å². The largest absolute Gasteiger partial charge is 0.508 e. The van der Waals surface area contributed by atoms with Crippen LogP contribution >= 0.6 is 0 Å². The van der Waals surface area contributed by atoms with Gasteiger partial charge in [0.1, 0.15) is 17.2 Å². The molecule has 0 saturated heterocycles. The van der Waals surface area contributed by atoms with Crippen LogP contribution in [0.1, 0.15) is 122 Å². The topological polar surface area (TPSA) is 60.7 Å². The van der Waals surface area contributed by atoms with Crippen molar-refractivity contribution in [1.29, 1.82) is 0 Å². The number of hydrogen-bond acceptors (Lipinski definition) is 3. The van der Waals surface area contributed by atoms with Gasteiger partial charge in [0.25, 0.3) is 0 Å². The SMILES string of the molecule is Cc1cc(O)c(C(C)C)cc1CCC(c1cc(C(C)C)c(O)cc1C)c1cc(C(C)C)c(O)cc1C. The Balaban J connectivity index is 2.17. The van der Waals surface area contributed by atoms with Gasteiger partial charge in [-0.3, -0.25) is 0 Å². The second kappa shape index (κ2) is 11.0. The Morgan fingerprint density at radius 2 is 0.861 bits per heavy atom. The molecule has 3 aromatic rings. The van der Waals surface area contributed by atoms with Crippen LogP contribution in [0.3, 0.4) is 0 Å². The third-order valence-corrected chi connectivity index (χ3v) is 7.64. The Bertz CT molecular complexity index is 1170. The molecule has 0 unspecified atom stereocenters. The van der Waals surface area contributed by atoms with Gasteiger partial charge >= 0.3 is 0 Å². The zero-order valence-corrected chi connectivity index (χ0v) is 23.5. The second-order valence-corrected chi connectivity index (χ2v) is 11.4. The van der Waals surface area contributed by atoms with E-state index in [1.54, 1.807) is 0 Å². The fraction of sp³-hybridized carbons (Fsp3) is 0.455. The van der Waals surface area contributed by atoms with Crippen molar-refractivity contribution < 1.29 is 15.3 Å². The summed E-state index contributed by atoms with van der Waals surface area (Å²) < 4.78 is 0. The van der Waals surface area contributed by atoms with E-state index in [0.29, 0.717) is 17.2 Å². The average Bonchev–Trinajstić information content (AvgIpc) is 2.76. The Kier molecular flexibility index (Phi) is 8.44. The summed E-state index contributed by atoms with van der Waals surface area (Å²) in [6, 6.07) is 12.2. The van der Waals surface area contributed by atoms with Crippen molar-refractivity contribution >= 4 is 0 Å². The molecule has 194 valence electrons. The normalized spacial score (nSPS) is 11.9. The number of phenols is 3. The number of aromatic hydroxyl groups is 3. The van der Waals surface area contributed by atoms with Gasteiger partial charge in [0.05, 0.1) is 0 Å². The molecule has 3 heteroatoms. The second-order valence-electron chi connectivity index (χ2n) is 11.4. The minimum absolute atomic E-state index is 0.108. The number of aryl methyl sites for hydroxylation is 4. The van der Waals surface area contributed by atoms with Crippen molar-refractivity contribution in [3.8, 4) is 17.2 Å². The maximum atomic E-state index is 10.6. The minimum atomic E-state index is 0.108. The summed E-state index contributed by atoms with van der Waals surface area (Å²) in [5, 5.41) is 31.7. The van der Waals surface area contributed by atoms with Gasteiger partial charge in [0, 0.05) is 5.92 Å². The molecule has 0 aliphatic rings. The third kappa shape index (κ3) is 5.72. The molecule has 0 aliphatic carbocycles. The molecule has 0 bridgehead atoms. The molecule has 3 nitrogen and oxygen atoms in total. The van der Waals surface area contributed by atoms with Gasteiger partial charge in [0.15, 0.2) is 0 Å². The molecule has 3 N–H and O–H groups in total. The molecule has 0 atom stereocenters. The van der Waals surface area contributed by atoms with E-state index in [-0.39, 0.29) is 23.7 Å². The van der Waals surface area contributed by atoms with Crippen LogP contribution in [0.15, 0.2) is 36.4 Å². The highest BCUT2D eigenvalue weighted by atomic mass is 16.3. The number of benzene rings is 3. The van der Waals surface area contributed by atoms with Crippen LogP contribution < -0.4 is 0 Å². The number of phenolic OH excluding ortho intramolecular Hbond substituents is 3. The van der Waals surface area contributed by atoms with Gasteiger partial charge < -0.3 is 15.3 Å². The van der Waals surface area contributed by atoms with E-state index in [9.17, 15) is 15.3 Å². The van der Waals surface area contributed by atoms with Crippen molar-refractivity contribution in [2.45, 2.75) is 98.8 Å². The molecule has 0 aromatic heterocycles. The first-order valence-corrected chi connectivity index (χ1v) is 13.3. The first-order valence-electron chi connectivity index (χ1n) is 13.3. The summed E-state index contributed by atoms with van der Waals surface area (Å²) in [6.07, 6.45) is 1.75. The summed E-state index contributed by atoms with van der Waals surface area (Å²) >= 11 is 0. The van der Waals surface area contributed by atoms with E-state index in [1.807, 2.05) is 18.2 Å². The smallest absolute Gasteiger partial charge is 0.119 e. The van der Waals surface area contributed by atoms with E-state index in [0.717, 1.165) is 46.2 Å². The molecule has 0 amide bonds. The van der Waals surface area contributed by atoms with E-state index in [2.05, 4.69) is 80.5 Å². The molecule has 3 rings (SSSR count). The lowest BCUT2D eigenvalue weighted by Crippen LogP contribution is -2.10. The molecular weight excluding hydrogens is 444 g/mol. The van der Waals surface area contributed by atoms with Crippen molar-refractivity contribution in [2.75, 3.05) is 0 Å². The van der Waals surface area contributed by atoms with Crippen molar-refractivity contribution in [3.05, 3.63) is 86.5 Å². The fourth-order valence-corrected chi connectivity index (χ4v) is 5.40. The Labute approximate surface area is 217 Å². The van der Waals surface area contributed by atoms with E-state index >= 15 is 0 Å². The molecule has 36 heavy (non-hydrogen) atoms. The van der Waals surface area contributed by atoms with Crippen LogP contribution in [0.5, 0.6) is 17.2 Å². The predicted octanol–water partition coefficient (Wildman–Crippen LogP) is 8.86. The van der Waals surface area contributed by atoms with Crippen LogP contribution in [0.25, 0.3) is 0 Å².